The average molecular weight is 800 g/mol. The molecule has 0 aromatic heterocycles. The number of esters is 1. The molecule has 0 aromatic rings. The molecule has 3 heterocycles. The molecule has 0 aliphatic carbocycles. The van der Waals surface area contributed by atoms with Crippen LogP contribution in [0.4, 0.5) is 0 Å². The number of ether oxygens (including phenoxy) is 4. The highest BCUT2D eigenvalue weighted by atomic mass is 16.6. The third-order valence-electron chi connectivity index (χ3n) is 12.2. The molecule has 12 atom stereocenters. The van der Waals surface area contributed by atoms with E-state index < -0.39 is 77.8 Å². The van der Waals surface area contributed by atoms with E-state index in [1.165, 1.54) is 12.0 Å². The fraction of sp³-hybridized carbons (Fsp3) is 0.711. The number of Topliss-reactive ketones (excluding diaryl/α,β-unsaturated/α-hetero) is 3. The number of amides is 1. The van der Waals surface area contributed by atoms with E-state index in [1.54, 1.807) is 34.0 Å². The summed E-state index contributed by atoms with van der Waals surface area (Å²) in [6.45, 7) is 14.7. The van der Waals surface area contributed by atoms with Gasteiger partial charge in [0.05, 0.1) is 12.2 Å². The molecule has 2 fully saturated rings. The maximum atomic E-state index is 14.0. The van der Waals surface area contributed by atoms with Crippen LogP contribution in [0.25, 0.3) is 0 Å². The summed E-state index contributed by atoms with van der Waals surface area (Å²) in [5, 5.41) is 23.0. The average Bonchev–Trinajstić information content (AvgIpc) is 3.19. The van der Waals surface area contributed by atoms with Crippen molar-refractivity contribution in [2.24, 2.45) is 29.6 Å². The molecule has 3 rings (SSSR count). The first kappa shape index (κ1) is 48.1. The molecule has 0 radical (unpaired) electrons. The number of cyclic esters (lactones) is 1. The lowest BCUT2D eigenvalue weighted by Gasteiger charge is -2.42. The molecule has 12 nitrogen and oxygen atoms in total. The van der Waals surface area contributed by atoms with E-state index in [-0.39, 0.29) is 42.8 Å². The smallest absolute Gasteiger partial charge is 0.329 e. The zero-order valence-electron chi connectivity index (χ0n) is 35.9. The Hall–Kier alpha value is -3.29. The molecule has 0 aromatic carbocycles. The van der Waals surface area contributed by atoms with E-state index in [0.29, 0.717) is 50.5 Å². The first-order chi connectivity index (χ1) is 26.9. The van der Waals surface area contributed by atoms with Gasteiger partial charge in [-0.25, -0.2) is 4.79 Å². The number of hydrogen-bond donors (Lipinski definition) is 2. The third-order valence-corrected chi connectivity index (χ3v) is 12.2. The summed E-state index contributed by atoms with van der Waals surface area (Å²) < 4.78 is 23.4. The Bertz CT molecular complexity index is 1530. The summed E-state index contributed by atoms with van der Waals surface area (Å²) in [5.74, 6) is -7.66. The van der Waals surface area contributed by atoms with Crippen LogP contribution in [0.1, 0.15) is 113 Å². The lowest BCUT2D eigenvalue weighted by atomic mass is 9.85. The van der Waals surface area contributed by atoms with Crippen molar-refractivity contribution in [1.82, 2.24) is 4.90 Å². The highest BCUT2D eigenvalue weighted by Gasteiger charge is 2.53. The van der Waals surface area contributed by atoms with Crippen molar-refractivity contribution in [3.05, 3.63) is 47.6 Å². The van der Waals surface area contributed by atoms with Gasteiger partial charge in [0.15, 0.2) is 5.78 Å². The van der Waals surface area contributed by atoms with Crippen LogP contribution in [0, 0.1) is 29.6 Å². The second kappa shape index (κ2) is 22.2. The van der Waals surface area contributed by atoms with E-state index in [0.717, 1.165) is 5.57 Å². The maximum absolute atomic E-state index is 14.0. The number of carbonyl (C=O) groups excluding carboxylic acids is 5. The SMILES string of the molecule is CC[C@@H](C)[C@@H]1CC(=O)[C@H](C)/C=C(\C)[C@@H](O)[C@@H](OC)C(=O)[C@H](C)C[C@H](C)/C=C/C=C/C=C(\C)[C@@H](OC)C[C@@H]2CC[C@@H](C)[C@@](O)(O2)C(=O)C(=O)N2CCCC[C@H]2C(=O)O1. The number of fused-ring (bicyclic) bond motifs is 3. The quantitative estimate of drug-likeness (QED) is 0.194. The molecule has 3 aliphatic rings. The lowest BCUT2D eigenvalue weighted by molar-refractivity contribution is -0.265. The molecule has 57 heavy (non-hydrogen) atoms. The molecule has 12 heteroatoms. The number of nitrogens with zero attached hydrogens (tertiary/aromatic N) is 1. The van der Waals surface area contributed by atoms with E-state index >= 15 is 0 Å². The molecule has 0 saturated carbocycles. The van der Waals surface area contributed by atoms with Gasteiger partial charge in [-0.2, -0.15) is 0 Å². The fourth-order valence-corrected chi connectivity index (χ4v) is 8.04. The number of hydrogen-bond acceptors (Lipinski definition) is 11. The van der Waals surface area contributed by atoms with Gasteiger partial charge in [-0.05, 0) is 75.4 Å². The van der Waals surface area contributed by atoms with Gasteiger partial charge in [-0.15, -0.1) is 0 Å². The first-order valence-corrected chi connectivity index (χ1v) is 20.9. The van der Waals surface area contributed by atoms with Crippen LogP contribution < -0.4 is 0 Å². The molecular formula is C45H69NO11. The van der Waals surface area contributed by atoms with E-state index in [4.69, 9.17) is 18.9 Å². The maximum Gasteiger partial charge on any atom is 0.329 e. The number of carbonyl (C=O) groups is 5. The second-order valence-corrected chi connectivity index (χ2v) is 16.7. The minimum Gasteiger partial charge on any atom is -0.460 e. The van der Waals surface area contributed by atoms with Crippen molar-refractivity contribution in [1.29, 1.82) is 0 Å². The lowest BCUT2D eigenvalue weighted by Crippen LogP contribution is -2.61. The van der Waals surface area contributed by atoms with Crippen LogP contribution in [0.3, 0.4) is 0 Å². The zero-order valence-corrected chi connectivity index (χ0v) is 35.9. The second-order valence-electron chi connectivity index (χ2n) is 16.7. The highest BCUT2D eigenvalue weighted by Crippen LogP contribution is 2.37. The number of allylic oxidation sites excluding steroid dienone is 6. The first-order valence-electron chi connectivity index (χ1n) is 20.9. The van der Waals surface area contributed by atoms with Crippen LogP contribution >= 0.6 is 0 Å². The van der Waals surface area contributed by atoms with Gasteiger partial charge in [0.25, 0.3) is 11.7 Å². The molecule has 1 amide bonds. The van der Waals surface area contributed by atoms with E-state index in [1.807, 2.05) is 65.0 Å². The number of methoxy groups -OCH3 is 2. The Morgan fingerprint density at radius 2 is 1.63 bits per heavy atom. The minimum atomic E-state index is -2.39. The van der Waals surface area contributed by atoms with Gasteiger partial charge in [0.2, 0.25) is 5.79 Å². The Balaban J connectivity index is 2.00. The Morgan fingerprint density at radius 3 is 2.28 bits per heavy atom. The predicted molar refractivity (Wildman–Crippen MR) is 217 cm³/mol. The van der Waals surface area contributed by atoms with Gasteiger partial charge in [-0.1, -0.05) is 84.4 Å². The van der Waals surface area contributed by atoms with Gasteiger partial charge >= 0.3 is 5.97 Å². The monoisotopic (exact) mass is 799 g/mol. The van der Waals surface area contributed by atoms with Crippen molar-refractivity contribution < 1.29 is 53.1 Å². The van der Waals surface area contributed by atoms with Gasteiger partial charge in [-0.3, -0.25) is 19.2 Å². The Labute approximate surface area is 340 Å². The van der Waals surface area contributed by atoms with Gasteiger partial charge in [0.1, 0.15) is 30.1 Å². The van der Waals surface area contributed by atoms with Gasteiger partial charge < -0.3 is 34.1 Å². The largest absolute Gasteiger partial charge is 0.460 e. The van der Waals surface area contributed by atoms with Crippen molar-refractivity contribution in [2.45, 2.75) is 156 Å². The van der Waals surface area contributed by atoms with Crippen molar-refractivity contribution in [3.8, 4) is 0 Å². The Morgan fingerprint density at radius 1 is 0.930 bits per heavy atom. The normalized spacial score (nSPS) is 38.9. The summed E-state index contributed by atoms with van der Waals surface area (Å²) >= 11 is 0. The van der Waals surface area contributed by atoms with Crippen molar-refractivity contribution in [3.63, 3.8) is 0 Å². The molecule has 0 unspecified atom stereocenters. The number of aliphatic hydroxyl groups excluding tert-OH is 1. The molecule has 2 N–H and O–H groups in total. The van der Waals surface area contributed by atoms with Crippen LogP contribution in [0.5, 0.6) is 0 Å². The van der Waals surface area contributed by atoms with Crippen molar-refractivity contribution in [2.75, 3.05) is 20.8 Å². The third kappa shape index (κ3) is 12.6. The molecule has 320 valence electrons. The molecule has 2 saturated heterocycles. The molecule has 2 bridgehead atoms. The van der Waals surface area contributed by atoms with E-state index in [9.17, 15) is 34.2 Å². The topological polar surface area (TPSA) is 166 Å². The molecule has 3 aliphatic heterocycles. The highest BCUT2D eigenvalue weighted by molar-refractivity contribution is 6.39. The summed E-state index contributed by atoms with van der Waals surface area (Å²) in [4.78, 5) is 70.2. The standard InChI is InChI=1S/C45H69NO11/c1-11-28(3)38-26-36(47)30(5)24-32(7)40(49)41(55-10)39(48)31(6)23-27(2)17-13-12-14-18-29(4)37(54-9)25-34-21-20-33(8)45(53,57-34)42(50)43(51)46-22-16-15-19-35(46)44(52)56-38/h12-14,17-18,24,27-28,30-31,33-35,37-38,40-41,49,53H,11,15-16,19-23,25-26H2,1-10H3/b14-12+,17-13+,29-18+,32-24+/t27-,28-,30-,31-,33-,34+,35+,37+,38+,40-,41+,45-/m1/s1. The summed E-state index contributed by atoms with van der Waals surface area (Å²) in [6.07, 6.45) is 10.7. The van der Waals surface area contributed by atoms with Crippen LogP contribution in [0.2, 0.25) is 0 Å². The molecular weight excluding hydrogens is 730 g/mol. The minimum absolute atomic E-state index is 0.0397. The number of ketones is 3. The Kier molecular flexibility index (Phi) is 18.7. The number of piperidine rings is 1. The van der Waals surface area contributed by atoms with Crippen LogP contribution in [-0.4, -0.2) is 107 Å². The zero-order chi connectivity index (χ0) is 42.6. The number of aliphatic hydroxyl groups is 2. The summed E-state index contributed by atoms with van der Waals surface area (Å²) in [6, 6.07) is -1.08. The summed E-state index contributed by atoms with van der Waals surface area (Å²) in [5.41, 5.74) is 1.30. The van der Waals surface area contributed by atoms with Gasteiger partial charge in [0, 0.05) is 51.4 Å². The summed E-state index contributed by atoms with van der Waals surface area (Å²) in [7, 11) is 2.96. The van der Waals surface area contributed by atoms with E-state index in [2.05, 4.69) is 0 Å². The van der Waals surface area contributed by atoms with Crippen molar-refractivity contribution >= 4 is 29.2 Å². The van der Waals surface area contributed by atoms with Crippen LogP contribution in [0.15, 0.2) is 47.6 Å². The molecule has 0 spiro atoms. The number of rotatable bonds is 4. The van der Waals surface area contributed by atoms with Crippen LogP contribution in [-0.2, 0) is 42.9 Å². The fourth-order valence-electron chi connectivity index (χ4n) is 8.04. The predicted octanol–water partition coefficient (Wildman–Crippen LogP) is 6.02.